The number of piperidine rings is 5. The van der Waals surface area contributed by atoms with E-state index in [1.807, 2.05) is 49.6 Å². The van der Waals surface area contributed by atoms with Crippen LogP contribution in [0.15, 0.2) is 0 Å². The Labute approximate surface area is 353 Å². The van der Waals surface area contributed by atoms with Crippen molar-refractivity contribution in [2.75, 3.05) is 79.5 Å². The number of carbonyl (C=O) groups excluding carboxylic acids is 2. The fourth-order valence-electron chi connectivity index (χ4n) is 8.50. The Hall–Kier alpha value is -1.30. The van der Waals surface area contributed by atoms with Crippen LogP contribution < -0.4 is 11.1 Å². The molecule has 10 heteroatoms. The fourth-order valence-corrected chi connectivity index (χ4v) is 8.50. The van der Waals surface area contributed by atoms with Crippen molar-refractivity contribution in [3.05, 3.63) is 0 Å². The number of hydrogen-bond donors (Lipinski definition) is 3. The van der Waals surface area contributed by atoms with Crippen LogP contribution in [0, 0.1) is 29.6 Å². The molecule has 5 saturated heterocycles. The average molecular weight is 808 g/mol. The molecule has 2 amide bonds. The van der Waals surface area contributed by atoms with Gasteiger partial charge in [0.25, 0.3) is 0 Å². The maximum absolute atomic E-state index is 11.8. The molecule has 0 aromatic carbocycles. The first kappa shape index (κ1) is 53.7. The number of likely N-dealkylation sites (tertiary alicyclic amines) is 4. The summed E-state index contributed by atoms with van der Waals surface area (Å²) >= 11 is 0. The van der Waals surface area contributed by atoms with Crippen molar-refractivity contribution in [3.63, 3.8) is 0 Å². The van der Waals surface area contributed by atoms with Gasteiger partial charge in [0.2, 0.25) is 11.8 Å². The SMILES string of the molecule is CC1CCN(C(=O)CC(C)(C)N)CC1.CC1CCN(C(=O)CN(C)C)CC1.CC1C[C@@H](C)N[C@@H](C)C1.CCC(O)N1CCC(C)CC1.CCCN1CCC(C)CC1. The van der Waals surface area contributed by atoms with Gasteiger partial charge in [-0.15, -0.1) is 0 Å². The van der Waals surface area contributed by atoms with Gasteiger partial charge in [-0.05, 0) is 168 Å². The van der Waals surface area contributed by atoms with E-state index < -0.39 is 0 Å². The molecule has 0 radical (unpaired) electrons. The van der Waals surface area contributed by atoms with Crippen LogP contribution >= 0.6 is 0 Å². The molecule has 5 aliphatic rings. The molecule has 5 aliphatic heterocycles. The highest BCUT2D eigenvalue weighted by Crippen LogP contribution is 2.21. The average Bonchev–Trinajstić information content (AvgIpc) is 3.13. The van der Waals surface area contributed by atoms with Gasteiger partial charge in [-0.2, -0.15) is 0 Å². The quantitative estimate of drug-likeness (QED) is 0.231. The molecular weight excluding hydrogens is 711 g/mol. The van der Waals surface area contributed by atoms with Crippen LogP contribution in [0.4, 0.5) is 0 Å². The van der Waals surface area contributed by atoms with E-state index in [1.54, 1.807) is 0 Å². The van der Waals surface area contributed by atoms with Crippen molar-refractivity contribution in [2.24, 2.45) is 35.3 Å². The zero-order chi connectivity index (χ0) is 43.1. The van der Waals surface area contributed by atoms with Gasteiger partial charge in [0, 0.05) is 63.3 Å². The fraction of sp³-hybridized carbons (Fsp3) is 0.957. The van der Waals surface area contributed by atoms with Crippen LogP contribution in [-0.2, 0) is 9.59 Å². The molecule has 0 aromatic heterocycles. The molecule has 57 heavy (non-hydrogen) atoms. The summed E-state index contributed by atoms with van der Waals surface area (Å²) in [5, 5.41) is 13.0. The maximum Gasteiger partial charge on any atom is 0.236 e. The number of nitrogens with zero attached hydrogens (tertiary/aromatic N) is 5. The topological polar surface area (TPSA) is 109 Å². The van der Waals surface area contributed by atoms with Gasteiger partial charge < -0.3 is 35.8 Å². The number of amides is 2. The molecule has 0 aromatic rings. The summed E-state index contributed by atoms with van der Waals surface area (Å²) in [5.41, 5.74) is 5.45. The molecule has 4 N–H and O–H groups in total. The lowest BCUT2D eigenvalue weighted by Crippen LogP contribution is -2.44. The lowest BCUT2D eigenvalue weighted by molar-refractivity contribution is -0.134. The molecule has 4 atom stereocenters. The lowest BCUT2D eigenvalue weighted by Gasteiger charge is -2.33. The highest BCUT2D eigenvalue weighted by Gasteiger charge is 2.25. The standard InChI is InChI=1S/C11H22N2O.C10H20N2O.C9H19NO.C9H19N.C8H17N/c1-9-4-6-13(7-5-9)10(14)8-11(2,3)12;1-9-4-6-12(7-5-9)10(13)8-11(2)3;1-3-9(11)10-6-4-8(2)5-7-10;1-3-6-10-7-4-9(2)5-8-10;1-6-4-7(2)9-8(3)5-6/h9H,4-8,12H2,1-3H3;9H,4-8H2,1-3H3;8-9,11H,3-7H2,1-2H3;9H,3-8H2,1-2H3;6-9H,4-5H2,1-3H3/t;;;;6?,7-,8+. The van der Waals surface area contributed by atoms with Gasteiger partial charge in [0.1, 0.15) is 6.23 Å². The van der Waals surface area contributed by atoms with Crippen molar-refractivity contribution in [1.82, 2.24) is 29.8 Å². The van der Waals surface area contributed by atoms with Gasteiger partial charge in [-0.3, -0.25) is 14.5 Å². The van der Waals surface area contributed by atoms with Gasteiger partial charge in [-0.1, -0.05) is 48.5 Å². The molecule has 5 heterocycles. The largest absolute Gasteiger partial charge is 0.378 e. The summed E-state index contributed by atoms with van der Waals surface area (Å²) in [6.45, 7) is 34.6. The van der Waals surface area contributed by atoms with Crippen molar-refractivity contribution in [1.29, 1.82) is 0 Å². The third-order valence-electron chi connectivity index (χ3n) is 12.4. The summed E-state index contributed by atoms with van der Waals surface area (Å²) in [7, 11) is 3.87. The molecule has 5 rings (SSSR count). The molecule has 5 fully saturated rings. The molecular formula is C47H97N7O3. The van der Waals surface area contributed by atoms with Crippen molar-refractivity contribution < 1.29 is 14.7 Å². The Morgan fingerprint density at radius 2 is 1.05 bits per heavy atom. The molecule has 2 unspecified atom stereocenters. The highest BCUT2D eigenvalue weighted by molar-refractivity contribution is 5.78. The van der Waals surface area contributed by atoms with E-state index in [-0.39, 0.29) is 23.6 Å². The number of nitrogens with two attached hydrogens (primary N) is 1. The van der Waals surface area contributed by atoms with Crippen molar-refractivity contribution in [3.8, 4) is 0 Å². The molecule has 10 nitrogen and oxygen atoms in total. The number of nitrogens with one attached hydrogen (secondary N) is 1. The Balaban J connectivity index is 0.000000359. The Kier molecular flexibility index (Phi) is 27.4. The Bertz CT molecular complexity index is 998. The molecule has 0 bridgehead atoms. The summed E-state index contributed by atoms with van der Waals surface area (Å²) in [4.78, 5) is 34.0. The number of carbonyl (C=O) groups is 2. The van der Waals surface area contributed by atoms with Crippen molar-refractivity contribution >= 4 is 11.8 Å². The summed E-state index contributed by atoms with van der Waals surface area (Å²) < 4.78 is 0. The number of likely N-dealkylation sites (N-methyl/N-ethyl adjacent to an activating group) is 1. The third-order valence-corrected chi connectivity index (χ3v) is 12.4. The van der Waals surface area contributed by atoms with E-state index in [1.165, 1.54) is 77.4 Å². The molecule has 0 saturated carbocycles. The Morgan fingerprint density at radius 1 is 0.667 bits per heavy atom. The van der Waals surface area contributed by atoms with E-state index in [2.05, 4.69) is 70.5 Å². The minimum atomic E-state index is -0.375. The Morgan fingerprint density at radius 3 is 1.40 bits per heavy atom. The van der Waals surface area contributed by atoms with E-state index in [9.17, 15) is 14.7 Å². The molecule has 0 spiro atoms. The van der Waals surface area contributed by atoms with Gasteiger partial charge >= 0.3 is 0 Å². The normalized spacial score (nSPS) is 25.4. The maximum atomic E-state index is 11.8. The summed E-state index contributed by atoms with van der Waals surface area (Å²) in [5.74, 6) is 4.81. The summed E-state index contributed by atoms with van der Waals surface area (Å²) in [6, 6.07) is 1.48. The van der Waals surface area contributed by atoms with E-state index in [4.69, 9.17) is 5.73 Å². The van der Waals surface area contributed by atoms with Crippen LogP contribution in [0.3, 0.4) is 0 Å². The van der Waals surface area contributed by atoms with Crippen molar-refractivity contribution in [2.45, 2.75) is 183 Å². The van der Waals surface area contributed by atoms with Crippen LogP contribution in [0.25, 0.3) is 0 Å². The van der Waals surface area contributed by atoms with Crippen LogP contribution in [0.2, 0.25) is 0 Å². The zero-order valence-electron chi connectivity index (χ0n) is 40.0. The second-order valence-electron chi connectivity index (χ2n) is 20.2. The second kappa shape index (κ2) is 29.0. The highest BCUT2D eigenvalue weighted by atomic mass is 16.3. The van der Waals surface area contributed by atoms with Gasteiger partial charge in [0.05, 0.1) is 6.54 Å². The van der Waals surface area contributed by atoms with Crippen LogP contribution in [0.1, 0.15) is 160 Å². The first-order valence-corrected chi connectivity index (χ1v) is 23.6. The van der Waals surface area contributed by atoms with Crippen LogP contribution in [-0.4, -0.2) is 145 Å². The summed E-state index contributed by atoms with van der Waals surface area (Å²) in [6.07, 6.45) is 15.1. The third kappa shape index (κ3) is 25.8. The van der Waals surface area contributed by atoms with Crippen LogP contribution in [0.5, 0.6) is 0 Å². The van der Waals surface area contributed by atoms with E-state index >= 15 is 0 Å². The number of rotatable bonds is 8. The second-order valence-corrected chi connectivity index (χ2v) is 20.2. The lowest BCUT2D eigenvalue weighted by atomic mass is 9.91. The van der Waals surface area contributed by atoms with Gasteiger partial charge in [-0.25, -0.2) is 0 Å². The number of aliphatic hydroxyl groups excluding tert-OH is 1. The smallest absolute Gasteiger partial charge is 0.236 e. The zero-order valence-corrected chi connectivity index (χ0v) is 40.0. The number of hydrogen-bond acceptors (Lipinski definition) is 8. The minimum Gasteiger partial charge on any atom is -0.378 e. The van der Waals surface area contributed by atoms with E-state index in [0.29, 0.717) is 13.0 Å². The molecule has 0 aliphatic carbocycles. The molecule has 338 valence electrons. The number of aliphatic hydroxyl groups is 1. The predicted octanol–water partition coefficient (Wildman–Crippen LogP) is 7.54. The first-order chi connectivity index (χ1) is 26.7. The first-order valence-electron chi connectivity index (χ1n) is 23.6. The minimum absolute atomic E-state index is 0.192. The van der Waals surface area contributed by atoms with Gasteiger partial charge in [0.15, 0.2) is 0 Å². The monoisotopic (exact) mass is 808 g/mol. The predicted molar refractivity (Wildman–Crippen MR) is 243 cm³/mol. The van der Waals surface area contributed by atoms with E-state index in [0.717, 1.165) is 100 Å².